The number of likely N-dealkylation sites (N-methyl/N-ethyl adjacent to an activating group) is 1. The number of nitrogens with zero attached hydrogens (tertiary/aromatic N) is 3. The van der Waals surface area contributed by atoms with E-state index in [1.165, 1.54) is 0 Å². The van der Waals surface area contributed by atoms with Crippen molar-refractivity contribution in [3.63, 3.8) is 0 Å². The summed E-state index contributed by atoms with van der Waals surface area (Å²) in [6.45, 7) is 3.12. The molecular formula is C26H26N4O3. The van der Waals surface area contributed by atoms with E-state index in [9.17, 15) is 4.79 Å². The summed E-state index contributed by atoms with van der Waals surface area (Å²) >= 11 is 0. The average Bonchev–Trinajstić information content (AvgIpc) is 2.84. The smallest absolute Gasteiger partial charge is 0.251 e. The highest BCUT2D eigenvalue weighted by Crippen LogP contribution is 2.29. The summed E-state index contributed by atoms with van der Waals surface area (Å²) in [4.78, 5) is 23.5. The molecule has 7 heteroatoms. The summed E-state index contributed by atoms with van der Waals surface area (Å²) < 4.78 is 11.2. The van der Waals surface area contributed by atoms with Gasteiger partial charge in [-0.3, -0.25) is 9.78 Å². The fourth-order valence-corrected chi connectivity index (χ4v) is 3.47. The molecule has 2 aromatic heterocycles. The van der Waals surface area contributed by atoms with Crippen molar-refractivity contribution in [2.24, 2.45) is 0 Å². The Kier molecular flexibility index (Phi) is 6.69. The first-order valence-electron chi connectivity index (χ1n) is 10.6. The van der Waals surface area contributed by atoms with Gasteiger partial charge in [-0.2, -0.15) is 0 Å². The molecule has 33 heavy (non-hydrogen) atoms. The van der Waals surface area contributed by atoms with E-state index < -0.39 is 0 Å². The molecule has 1 amide bonds. The van der Waals surface area contributed by atoms with Gasteiger partial charge >= 0.3 is 0 Å². The Hall–Kier alpha value is -4.13. The number of amides is 1. The van der Waals surface area contributed by atoms with E-state index in [4.69, 9.17) is 9.47 Å². The van der Waals surface area contributed by atoms with Gasteiger partial charge in [0.2, 0.25) is 5.88 Å². The van der Waals surface area contributed by atoms with Crippen LogP contribution in [0.5, 0.6) is 17.4 Å². The van der Waals surface area contributed by atoms with E-state index in [1.807, 2.05) is 44.3 Å². The molecule has 0 bridgehead atoms. The summed E-state index contributed by atoms with van der Waals surface area (Å²) in [6.07, 6.45) is 9.62. The van der Waals surface area contributed by atoms with Crippen molar-refractivity contribution in [1.29, 1.82) is 0 Å². The second kappa shape index (κ2) is 9.99. The Labute approximate surface area is 193 Å². The second-order valence-electron chi connectivity index (χ2n) is 7.73. The summed E-state index contributed by atoms with van der Waals surface area (Å²) in [5.74, 6) is 1.64. The van der Waals surface area contributed by atoms with Gasteiger partial charge < -0.3 is 19.7 Å². The fraction of sp³-hybridized carbons (Fsp3) is 0.192. The Balaban J connectivity index is 1.47. The number of pyridine rings is 2. The number of nitrogens with one attached hydrogen (secondary N) is 1. The van der Waals surface area contributed by atoms with Crippen LogP contribution in [-0.2, 0) is 6.54 Å². The van der Waals surface area contributed by atoms with E-state index in [-0.39, 0.29) is 5.91 Å². The number of ether oxygens (including phenoxy) is 2. The van der Waals surface area contributed by atoms with Gasteiger partial charge in [-0.25, -0.2) is 4.98 Å². The zero-order valence-electron chi connectivity index (χ0n) is 18.9. The van der Waals surface area contributed by atoms with Crippen LogP contribution in [0.1, 0.15) is 27.2 Å². The van der Waals surface area contributed by atoms with Crippen LogP contribution >= 0.6 is 0 Å². The Morgan fingerprint density at radius 3 is 2.82 bits per heavy atom. The molecule has 0 aliphatic carbocycles. The van der Waals surface area contributed by atoms with Gasteiger partial charge in [-0.15, -0.1) is 0 Å². The van der Waals surface area contributed by atoms with Crippen molar-refractivity contribution in [3.8, 4) is 17.4 Å². The van der Waals surface area contributed by atoms with E-state index >= 15 is 0 Å². The van der Waals surface area contributed by atoms with Crippen LogP contribution in [0.15, 0.2) is 73.2 Å². The maximum Gasteiger partial charge on any atom is 0.251 e. The third kappa shape index (κ3) is 5.38. The van der Waals surface area contributed by atoms with Crippen molar-refractivity contribution >= 4 is 11.5 Å². The molecule has 0 saturated heterocycles. The molecular weight excluding hydrogens is 416 g/mol. The van der Waals surface area contributed by atoms with Crippen LogP contribution in [0.3, 0.4) is 0 Å². The van der Waals surface area contributed by atoms with Gasteiger partial charge in [0, 0.05) is 67.6 Å². The first-order chi connectivity index (χ1) is 16.0. The molecule has 4 rings (SSSR count). The van der Waals surface area contributed by atoms with Crippen molar-refractivity contribution in [2.75, 3.05) is 20.7 Å². The molecule has 0 radical (unpaired) electrons. The van der Waals surface area contributed by atoms with Crippen LogP contribution in [0.2, 0.25) is 0 Å². The Bertz CT molecular complexity index is 1200. The van der Waals surface area contributed by atoms with Crippen LogP contribution in [-0.4, -0.2) is 41.5 Å². The van der Waals surface area contributed by atoms with Gasteiger partial charge in [-0.1, -0.05) is 24.3 Å². The minimum absolute atomic E-state index is 0.176. The van der Waals surface area contributed by atoms with Crippen LogP contribution in [0.25, 0.3) is 5.57 Å². The molecule has 3 aromatic rings. The topological polar surface area (TPSA) is 76.6 Å². The molecule has 3 heterocycles. The molecule has 0 fully saturated rings. The maximum absolute atomic E-state index is 12.8. The molecule has 0 spiro atoms. The molecule has 1 aliphatic heterocycles. The number of benzene rings is 1. The van der Waals surface area contributed by atoms with Crippen molar-refractivity contribution in [3.05, 3.63) is 95.6 Å². The van der Waals surface area contributed by atoms with E-state index in [2.05, 4.69) is 38.5 Å². The first kappa shape index (κ1) is 22.1. The van der Waals surface area contributed by atoms with E-state index in [0.717, 1.165) is 28.9 Å². The lowest BCUT2D eigenvalue weighted by molar-refractivity contribution is 0.0950. The molecule has 1 aliphatic rings. The maximum atomic E-state index is 12.8. The Morgan fingerprint density at radius 1 is 1.18 bits per heavy atom. The predicted octanol–water partition coefficient (Wildman–Crippen LogP) is 4.36. The molecule has 0 saturated carbocycles. The van der Waals surface area contributed by atoms with Gasteiger partial charge in [0.25, 0.3) is 5.91 Å². The second-order valence-corrected chi connectivity index (χ2v) is 7.73. The van der Waals surface area contributed by atoms with Gasteiger partial charge in [-0.05, 0) is 30.7 Å². The fourth-order valence-electron chi connectivity index (χ4n) is 3.47. The van der Waals surface area contributed by atoms with Gasteiger partial charge in [0.15, 0.2) is 0 Å². The standard InChI is InChI=1S/C26H26N4O3/c1-18-22(26(31)29-16-19-9-10-25(32-3)28-15-19)7-4-8-24(18)33-21-11-12-27-23(14-21)20-6-5-13-30(2)17-20/h4-12,14-15,17H,13,16H2,1-3H3,(H,29,31). The third-order valence-corrected chi connectivity index (χ3v) is 5.29. The lowest BCUT2D eigenvalue weighted by atomic mass is 10.1. The number of methoxy groups -OCH3 is 1. The molecule has 1 aromatic carbocycles. The minimum Gasteiger partial charge on any atom is -0.481 e. The molecule has 0 atom stereocenters. The SMILES string of the molecule is COc1ccc(CNC(=O)c2cccc(Oc3ccnc(C4=CN(C)CC=C4)c3)c2C)cn1. The van der Waals surface area contributed by atoms with Gasteiger partial charge in [0.1, 0.15) is 11.5 Å². The van der Waals surface area contributed by atoms with Crippen LogP contribution < -0.4 is 14.8 Å². The number of hydrogen-bond donors (Lipinski definition) is 1. The number of hydrogen-bond acceptors (Lipinski definition) is 6. The highest BCUT2D eigenvalue weighted by molar-refractivity contribution is 5.96. The highest BCUT2D eigenvalue weighted by Gasteiger charge is 2.14. The quantitative estimate of drug-likeness (QED) is 0.586. The molecule has 7 nitrogen and oxygen atoms in total. The molecule has 168 valence electrons. The first-order valence-corrected chi connectivity index (χ1v) is 10.6. The highest BCUT2D eigenvalue weighted by atomic mass is 16.5. The average molecular weight is 443 g/mol. The zero-order chi connectivity index (χ0) is 23.2. The number of carbonyl (C=O) groups excluding carboxylic acids is 1. The number of carbonyl (C=O) groups is 1. The largest absolute Gasteiger partial charge is 0.481 e. The Morgan fingerprint density at radius 2 is 2.06 bits per heavy atom. The predicted molar refractivity (Wildman–Crippen MR) is 127 cm³/mol. The van der Waals surface area contributed by atoms with E-state index in [1.54, 1.807) is 31.6 Å². The summed E-state index contributed by atoms with van der Waals surface area (Å²) in [5.41, 5.74) is 4.05. The molecule has 1 N–H and O–H groups in total. The lowest BCUT2D eigenvalue weighted by Gasteiger charge is -2.18. The normalized spacial score (nSPS) is 12.8. The van der Waals surface area contributed by atoms with Crippen molar-refractivity contribution in [1.82, 2.24) is 20.2 Å². The van der Waals surface area contributed by atoms with Crippen molar-refractivity contribution < 1.29 is 14.3 Å². The summed E-state index contributed by atoms with van der Waals surface area (Å²) in [7, 11) is 3.59. The van der Waals surface area contributed by atoms with Crippen molar-refractivity contribution in [2.45, 2.75) is 13.5 Å². The number of aromatic nitrogens is 2. The van der Waals surface area contributed by atoms with Crippen LogP contribution in [0, 0.1) is 6.92 Å². The molecule has 0 unspecified atom stereocenters. The third-order valence-electron chi connectivity index (χ3n) is 5.29. The number of allylic oxidation sites excluding steroid dienone is 2. The van der Waals surface area contributed by atoms with Crippen LogP contribution in [0.4, 0.5) is 0 Å². The van der Waals surface area contributed by atoms with E-state index in [0.29, 0.717) is 29.5 Å². The summed E-state index contributed by atoms with van der Waals surface area (Å²) in [5, 5.41) is 2.94. The zero-order valence-corrected chi connectivity index (χ0v) is 18.9. The monoisotopic (exact) mass is 442 g/mol. The number of rotatable bonds is 7. The minimum atomic E-state index is -0.176. The lowest BCUT2D eigenvalue weighted by Crippen LogP contribution is -2.23. The van der Waals surface area contributed by atoms with Gasteiger partial charge in [0.05, 0.1) is 12.8 Å². The summed E-state index contributed by atoms with van der Waals surface area (Å²) in [6, 6.07) is 12.8.